The van der Waals surface area contributed by atoms with Crippen molar-refractivity contribution in [3.8, 4) is 5.75 Å². The third-order valence-corrected chi connectivity index (χ3v) is 2.22. The highest BCUT2D eigenvalue weighted by Gasteiger charge is 2.15. The fourth-order valence-electron chi connectivity index (χ4n) is 1.59. The topological polar surface area (TPSA) is 35.5 Å². The molecule has 0 amide bonds. The highest BCUT2D eigenvalue weighted by molar-refractivity contribution is 5.79. The summed E-state index contributed by atoms with van der Waals surface area (Å²) >= 11 is 0. The highest BCUT2D eigenvalue weighted by Crippen LogP contribution is 2.27. The molecule has 0 spiro atoms. The van der Waals surface area contributed by atoms with Crippen LogP contribution in [0.1, 0.15) is 18.1 Å². The standard InChI is InChI=1S/C12H15FO3/c1-8(14)6-9-4-5-11(13)10(7-15-2)12(9)16-3/h4-5H,6-7H2,1-3H3. The molecule has 0 radical (unpaired) electrons. The van der Waals surface area contributed by atoms with E-state index in [1.165, 1.54) is 27.2 Å². The first-order chi connectivity index (χ1) is 7.60. The molecule has 0 aliphatic carbocycles. The van der Waals surface area contributed by atoms with Crippen LogP contribution in [0.25, 0.3) is 0 Å². The summed E-state index contributed by atoms with van der Waals surface area (Å²) < 4.78 is 23.5. The van der Waals surface area contributed by atoms with E-state index in [9.17, 15) is 9.18 Å². The molecule has 88 valence electrons. The molecule has 0 aromatic heterocycles. The maximum Gasteiger partial charge on any atom is 0.134 e. The summed E-state index contributed by atoms with van der Waals surface area (Å²) in [6.45, 7) is 1.61. The Bertz CT molecular complexity index is 388. The third kappa shape index (κ3) is 2.79. The summed E-state index contributed by atoms with van der Waals surface area (Å²) in [5.41, 5.74) is 1.03. The first-order valence-corrected chi connectivity index (χ1v) is 4.92. The van der Waals surface area contributed by atoms with Gasteiger partial charge >= 0.3 is 0 Å². The van der Waals surface area contributed by atoms with Crippen LogP contribution in [0.15, 0.2) is 12.1 Å². The minimum absolute atomic E-state index is 0.00766. The van der Waals surface area contributed by atoms with Gasteiger partial charge in [-0.3, -0.25) is 4.79 Å². The summed E-state index contributed by atoms with van der Waals surface area (Å²) in [6, 6.07) is 2.89. The average Bonchev–Trinajstić information content (AvgIpc) is 2.23. The van der Waals surface area contributed by atoms with E-state index in [1.54, 1.807) is 6.07 Å². The molecule has 3 nitrogen and oxygen atoms in total. The van der Waals surface area contributed by atoms with Crippen molar-refractivity contribution in [2.45, 2.75) is 20.0 Å². The van der Waals surface area contributed by atoms with Crippen LogP contribution in [0.4, 0.5) is 4.39 Å². The number of hydrogen-bond acceptors (Lipinski definition) is 3. The van der Waals surface area contributed by atoms with E-state index in [2.05, 4.69) is 0 Å². The first kappa shape index (κ1) is 12.6. The van der Waals surface area contributed by atoms with Gasteiger partial charge in [0.15, 0.2) is 0 Å². The Kier molecular flexibility index (Phi) is 4.43. The van der Waals surface area contributed by atoms with Crippen LogP contribution in [0.5, 0.6) is 5.75 Å². The van der Waals surface area contributed by atoms with Gasteiger partial charge in [-0.1, -0.05) is 6.07 Å². The maximum atomic E-state index is 13.5. The van der Waals surface area contributed by atoms with Crippen LogP contribution in [0.3, 0.4) is 0 Å². The predicted molar refractivity (Wildman–Crippen MR) is 58.1 cm³/mol. The van der Waals surface area contributed by atoms with Crippen molar-refractivity contribution in [2.24, 2.45) is 0 Å². The van der Waals surface area contributed by atoms with Gasteiger partial charge in [0.05, 0.1) is 19.3 Å². The molecule has 4 heteroatoms. The monoisotopic (exact) mass is 226 g/mol. The number of hydrogen-bond donors (Lipinski definition) is 0. The van der Waals surface area contributed by atoms with E-state index in [4.69, 9.17) is 9.47 Å². The van der Waals surface area contributed by atoms with Crippen LogP contribution < -0.4 is 4.74 Å². The van der Waals surface area contributed by atoms with Crippen molar-refractivity contribution in [3.05, 3.63) is 29.1 Å². The van der Waals surface area contributed by atoms with Gasteiger partial charge in [-0.05, 0) is 13.0 Å². The third-order valence-electron chi connectivity index (χ3n) is 2.22. The number of halogens is 1. The molecule has 0 bridgehead atoms. The van der Waals surface area contributed by atoms with Gasteiger partial charge in [0.25, 0.3) is 0 Å². The van der Waals surface area contributed by atoms with Crippen molar-refractivity contribution in [1.29, 1.82) is 0 Å². The predicted octanol–water partition coefficient (Wildman–Crippen LogP) is 2.11. The van der Waals surface area contributed by atoms with Crippen molar-refractivity contribution in [1.82, 2.24) is 0 Å². The number of carbonyl (C=O) groups excluding carboxylic acids is 1. The van der Waals surface area contributed by atoms with Gasteiger partial charge in [-0.25, -0.2) is 4.39 Å². The summed E-state index contributed by atoms with van der Waals surface area (Å²) in [7, 11) is 2.94. The minimum atomic E-state index is -0.383. The van der Waals surface area contributed by atoms with Gasteiger partial charge in [0, 0.05) is 19.1 Å². The fourth-order valence-corrected chi connectivity index (χ4v) is 1.59. The fraction of sp³-hybridized carbons (Fsp3) is 0.417. The van der Waals surface area contributed by atoms with Crippen LogP contribution in [0, 0.1) is 5.82 Å². The number of benzene rings is 1. The molecule has 16 heavy (non-hydrogen) atoms. The van der Waals surface area contributed by atoms with E-state index >= 15 is 0 Å². The zero-order valence-corrected chi connectivity index (χ0v) is 9.67. The smallest absolute Gasteiger partial charge is 0.134 e. The second-order valence-electron chi connectivity index (χ2n) is 3.53. The van der Waals surface area contributed by atoms with E-state index in [-0.39, 0.29) is 24.6 Å². The zero-order valence-electron chi connectivity index (χ0n) is 9.67. The van der Waals surface area contributed by atoms with Crippen LogP contribution in [0.2, 0.25) is 0 Å². The van der Waals surface area contributed by atoms with Crippen LogP contribution >= 0.6 is 0 Å². The van der Waals surface area contributed by atoms with Crippen LogP contribution in [-0.4, -0.2) is 20.0 Å². The Labute approximate surface area is 94.2 Å². The second-order valence-corrected chi connectivity index (χ2v) is 3.53. The molecule has 1 rings (SSSR count). The molecule has 0 unspecified atom stereocenters. The molecule has 0 aliphatic heterocycles. The largest absolute Gasteiger partial charge is 0.496 e. The van der Waals surface area contributed by atoms with Crippen LogP contribution in [-0.2, 0) is 22.6 Å². The van der Waals surface area contributed by atoms with E-state index in [1.807, 2.05) is 0 Å². The number of ether oxygens (including phenoxy) is 2. The summed E-state index contributed by atoms with van der Waals surface area (Å²) in [5.74, 6) is 0.0244. The number of Topliss-reactive ketones (excluding diaryl/α,β-unsaturated/α-hetero) is 1. The zero-order chi connectivity index (χ0) is 12.1. The Balaban J connectivity index is 3.19. The van der Waals surface area contributed by atoms with Gasteiger partial charge in [-0.15, -0.1) is 0 Å². The summed E-state index contributed by atoms with van der Waals surface area (Å²) in [6.07, 6.45) is 0.236. The Morgan fingerprint density at radius 1 is 1.38 bits per heavy atom. The quantitative estimate of drug-likeness (QED) is 0.771. The lowest BCUT2D eigenvalue weighted by Crippen LogP contribution is -2.05. The Morgan fingerprint density at radius 3 is 2.56 bits per heavy atom. The Morgan fingerprint density at radius 2 is 2.06 bits per heavy atom. The van der Waals surface area contributed by atoms with E-state index in [0.717, 1.165) is 0 Å². The van der Waals surface area contributed by atoms with Crippen molar-refractivity contribution < 1.29 is 18.7 Å². The lowest BCUT2D eigenvalue weighted by Gasteiger charge is -2.13. The SMILES string of the molecule is COCc1c(F)ccc(CC(C)=O)c1OC. The van der Waals surface area contributed by atoms with E-state index in [0.29, 0.717) is 16.9 Å². The van der Waals surface area contributed by atoms with Crippen molar-refractivity contribution in [3.63, 3.8) is 0 Å². The van der Waals surface area contributed by atoms with Crippen molar-refractivity contribution >= 4 is 5.78 Å². The molecule has 0 heterocycles. The number of methoxy groups -OCH3 is 2. The van der Waals surface area contributed by atoms with Crippen molar-refractivity contribution in [2.75, 3.05) is 14.2 Å². The molecular weight excluding hydrogens is 211 g/mol. The average molecular weight is 226 g/mol. The molecule has 0 atom stereocenters. The number of carbonyl (C=O) groups is 1. The summed E-state index contributed by atoms with van der Waals surface area (Å²) in [5, 5.41) is 0. The van der Waals surface area contributed by atoms with Gasteiger partial charge < -0.3 is 9.47 Å². The molecule has 1 aromatic carbocycles. The molecular formula is C12H15FO3. The first-order valence-electron chi connectivity index (χ1n) is 4.92. The van der Waals surface area contributed by atoms with Gasteiger partial charge in [-0.2, -0.15) is 0 Å². The second kappa shape index (κ2) is 5.61. The highest BCUT2D eigenvalue weighted by atomic mass is 19.1. The Hall–Kier alpha value is -1.42. The van der Waals surface area contributed by atoms with Gasteiger partial charge in [0.1, 0.15) is 17.3 Å². The molecule has 0 N–H and O–H groups in total. The lowest BCUT2D eigenvalue weighted by atomic mass is 10.0. The molecule has 1 aromatic rings. The number of ketones is 1. The lowest BCUT2D eigenvalue weighted by molar-refractivity contribution is -0.116. The number of rotatable bonds is 5. The normalized spacial score (nSPS) is 10.2. The van der Waals surface area contributed by atoms with E-state index < -0.39 is 0 Å². The minimum Gasteiger partial charge on any atom is -0.496 e. The van der Waals surface area contributed by atoms with Gasteiger partial charge in [0.2, 0.25) is 0 Å². The molecule has 0 aliphatic rings. The summed E-state index contributed by atoms with van der Waals surface area (Å²) in [4.78, 5) is 11.1. The molecule has 0 fully saturated rings. The molecule has 0 saturated carbocycles. The molecule has 0 saturated heterocycles. The maximum absolute atomic E-state index is 13.5.